The highest BCUT2D eigenvalue weighted by Crippen LogP contribution is 2.43. The SMILES string of the molecule is CC(C)(C)C1(CNC(=O)O)CO1. The fraction of sp³-hybridized carbons (Fsp3) is 0.875. The molecule has 70 valence electrons. The van der Waals surface area contributed by atoms with Crippen LogP contribution in [0.4, 0.5) is 4.79 Å². The number of amides is 1. The van der Waals surface area contributed by atoms with Crippen molar-refractivity contribution in [1.29, 1.82) is 0 Å². The molecule has 1 aliphatic rings. The highest BCUT2D eigenvalue weighted by molar-refractivity contribution is 5.64. The van der Waals surface area contributed by atoms with Crippen molar-refractivity contribution >= 4 is 6.09 Å². The first kappa shape index (κ1) is 9.32. The second-order valence-electron chi connectivity index (χ2n) is 4.19. The average Bonchev–Trinajstić information content (AvgIpc) is 2.60. The monoisotopic (exact) mass is 173 g/mol. The van der Waals surface area contributed by atoms with E-state index in [1.165, 1.54) is 0 Å². The molecular formula is C8H15NO3. The van der Waals surface area contributed by atoms with Crippen molar-refractivity contribution < 1.29 is 14.6 Å². The van der Waals surface area contributed by atoms with Gasteiger partial charge in [0.2, 0.25) is 0 Å². The van der Waals surface area contributed by atoms with Crippen LogP contribution in [0.1, 0.15) is 20.8 Å². The molecule has 0 radical (unpaired) electrons. The number of hydrogen-bond acceptors (Lipinski definition) is 2. The summed E-state index contributed by atoms with van der Waals surface area (Å²) in [7, 11) is 0. The molecular weight excluding hydrogens is 158 g/mol. The van der Waals surface area contributed by atoms with Gasteiger partial charge in [-0.1, -0.05) is 20.8 Å². The summed E-state index contributed by atoms with van der Waals surface area (Å²) in [6.07, 6.45) is -0.992. The summed E-state index contributed by atoms with van der Waals surface area (Å²) in [6.45, 7) is 7.17. The summed E-state index contributed by atoms with van der Waals surface area (Å²) in [5.41, 5.74) is -0.277. The zero-order valence-corrected chi connectivity index (χ0v) is 7.68. The zero-order valence-electron chi connectivity index (χ0n) is 7.68. The van der Waals surface area contributed by atoms with Gasteiger partial charge in [-0.05, 0) is 5.41 Å². The molecule has 1 unspecified atom stereocenters. The second kappa shape index (κ2) is 2.62. The molecule has 0 bridgehead atoms. The molecule has 1 amide bonds. The van der Waals surface area contributed by atoms with E-state index in [4.69, 9.17) is 9.84 Å². The van der Waals surface area contributed by atoms with Crippen molar-refractivity contribution in [3.8, 4) is 0 Å². The minimum absolute atomic E-state index is 0.00451. The molecule has 0 aromatic heterocycles. The second-order valence-corrected chi connectivity index (χ2v) is 4.19. The van der Waals surface area contributed by atoms with E-state index in [-0.39, 0.29) is 11.0 Å². The Morgan fingerprint density at radius 1 is 1.67 bits per heavy atom. The summed E-state index contributed by atoms with van der Waals surface area (Å²) in [6, 6.07) is 0. The van der Waals surface area contributed by atoms with Gasteiger partial charge in [0.25, 0.3) is 0 Å². The first-order valence-corrected chi connectivity index (χ1v) is 3.98. The number of carbonyl (C=O) groups is 1. The van der Waals surface area contributed by atoms with Crippen molar-refractivity contribution in [2.45, 2.75) is 26.4 Å². The first-order valence-electron chi connectivity index (χ1n) is 3.98. The minimum Gasteiger partial charge on any atom is -0.465 e. The zero-order chi connectivity index (χ0) is 9.41. The Balaban J connectivity index is 2.46. The van der Waals surface area contributed by atoms with Gasteiger partial charge < -0.3 is 15.2 Å². The molecule has 0 saturated carbocycles. The van der Waals surface area contributed by atoms with Crippen LogP contribution in [-0.4, -0.2) is 30.0 Å². The molecule has 1 heterocycles. The summed E-state index contributed by atoms with van der Waals surface area (Å²) >= 11 is 0. The third-order valence-electron chi connectivity index (χ3n) is 2.38. The highest BCUT2D eigenvalue weighted by atomic mass is 16.6. The Kier molecular flexibility index (Phi) is 2.04. The lowest BCUT2D eigenvalue weighted by molar-refractivity contribution is 0.144. The van der Waals surface area contributed by atoms with Crippen LogP contribution < -0.4 is 5.32 Å². The van der Waals surface area contributed by atoms with Gasteiger partial charge >= 0.3 is 6.09 Å². The van der Waals surface area contributed by atoms with Crippen molar-refractivity contribution in [2.75, 3.05) is 13.2 Å². The Labute approximate surface area is 71.9 Å². The number of ether oxygens (including phenoxy) is 1. The summed E-state index contributed by atoms with van der Waals surface area (Å²) in [5, 5.41) is 10.8. The Morgan fingerprint density at radius 3 is 2.42 bits per heavy atom. The van der Waals surface area contributed by atoms with E-state index in [9.17, 15) is 4.79 Å². The van der Waals surface area contributed by atoms with Gasteiger partial charge in [0.05, 0.1) is 13.2 Å². The lowest BCUT2D eigenvalue weighted by Gasteiger charge is -2.26. The number of rotatable bonds is 2. The maximum atomic E-state index is 10.2. The number of hydrogen-bond donors (Lipinski definition) is 2. The van der Waals surface area contributed by atoms with Gasteiger partial charge in [-0.15, -0.1) is 0 Å². The Morgan fingerprint density at radius 2 is 2.17 bits per heavy atom. The molecule has 0 aromatic carbocycles. The Bertz CT molecular complexity index is 191. The Hall–Kier alpha value is -0.770. The fourth-order valence-corrected chi connectivity index (χ4v) is 1.11. The molecule has 4 heteroatoms. The predicted octanol–water partition coefficient (Wildman–Crippen LogP) is 1.07. The van der Waals surface area contributed by atoms with Crippen LogP contribution in [0.5, 0.6) is 0 Å². The van der Waals surface area contributed by atoms with E-state index in [0.717, 1.165) is 0 Å². The quantitative estimate of drug-likeness (QED) is 0.614. The first-order chi connectivity index (χ1) is 5.37. The third-order valence-corrected chi connectivity index (χ3v) is 2.38. The largest absolute Gasteiger partial charge is 0.465 e. The third kappa shape index (κ3) is 1.69. The minimum atomic E-state index is -0.992. The van der Waals surface area contributed by atoms with E-state index in [2.05, 4.69) is 5.32 Å². The average molecular weight is 173 g/mol. The van der Waals surface area contributed by atoms with Crippen molar-refractivity contribution in [1.82, 2.24) is 5.32 Å². The summed E-state index contributed by atoms with van der Waals surface area (Å²) in [5.74, 6) is 0. The molecule has 0 aliphatic carbocycles. The maximum Gasteiger partial charge on any atom is 0.404 e. The summed E-state index contributed by atoms with van der Waals surface area (Å²) < 4.78 is 5.29. The van der Waals surface area contributed by atoms with E-state index in [1.807, 2.05) is 20.8 Å². The van der Waals surface area contributed by atoms with Crippen molar-refractivity contribution in [3.05, 3.63) is 0 Å². The molecule has 1 aliphatic heterocycles. The normalized spacial score (nSPS) is 28.2. The fourth-order valence-electron chi connectivity index (χ4n) is 1.11. The van der Waals surface area contributed by atoms with E-state index in [1.54, 1.807) is 0 Å². The smallest absolute Gasteiger partial charge is 0.404 e. The van der Waals surface area contributed by atoms with Crippen LogP contribution in [0.15, 0.2) is 0 Å². The number of epoxide rings is 1. The van der Waals surface area contributed by atoms with Gasteiger partial charge in [0.1, 0.15) is 5.60 Å². The highest BCUT2D eigenvalue weighted by Gasteiger charge is 2.54. The van der Waals surface area contributed by atoms with Crippen LogP contribution in [0.2, 0.25) is 0 Å². The number of nitrogens with one attached hydrogen (secondary N) is 1. The van der Waals surface area contributed by atoms with Crippen LogP contribution in [0.3, 0.4) is 0 Å². The molecule has 1 atom stereocenters. The molecule has 1 fully saturated rings. The maximum absolute atomic E-state index is 10.2. The van der Waals surface area contributed by atoms with Gasteiger partial charge in [-0.2, -0.15) is 0 Å². The predicted molar refractivity (Wildman–Crippen MR) is 44.2 cm³/mol. The van der Waals surface area contributed by atoms with Crippen LogP contribution >= 0.6 is 0 Å². The molecule has 2 N–H and O–H groups in total. The lowest BCUT2D eigenvalue weighted by Crippen LogP contribution is -2.42. The van der Waals surface area contributed by atoms with E-state index in [0.29, 0.717) is 13.2 Å². The van der Waals surface area contributed by atoms with Crippen molar-refractivity contribution in [2.24, 2.45) is 5.41 Å². The van der Waals surface area contributed by atoms with Crippen LogP contribution in [-0.2, 0) is 4.74 Å². The van der Waals surface area contributed by atoms with Crippen molar-refractivity contribution in [3.63, 3.8) is 0 Å². The van der Waals surface area contributed by atoms with Crippen LogP contribution in [0, 0.1) is 5.41 Å². The summed E-state index contributed by atoms with van der Waals surface area (Å²) in [4.78, 5) is 10.2. The van der Waals surface area contributed by atoms with Gasteiger partial charge in [-0.25, -0.2) is 4.79 Å². The van der Waals surface area contributed by atoms with Gasteiger partial charge in [0.15, 0.2) is 0 Å². The van der Waals surface area contributed by atoms with Crippen LogP contribution in [0.25, 0.3) is 0 Å². The topological polar surface area (TPSA) is 61.9 Å². The van der Waals surface area contributed by atoms with E-state index < -0.39 is 6.09 Å². The van der Waals surface area contributed by atoms with Gasteiger partial charge in [-0.3, -0.25) is 0 Å². The molecule has 1 saturated heterocycles. The molecule has 4 nitrogen and oxygen atoms in total. The molecule has 0 aromatic rings. The molecule has 12 heavy (non-hydrogen) atoms. The molecule has 1 rings (SSSR count). The van der Waals surface area contributed by atoms with Gasteiger partial charge in [0, 0.05) is 0 Å². The number of carboxylic acid groups (broad SMARTS) is 1. The van der Waals surface area contributed by atoms with E-state index >= 15 is 0 Å². The standard InChI is InChI=1S/C8H15NO3/c1-7(2,3)8(5-12-8)4-9-6(10)11/h9H,4-5H2,1-3H3,(H,10,11). The lowest BCUT2D eigenvalue weighted by atomic mass is 9.81. The molecule has 0 spiro atoms.